The maximum Gasteiger partial charge on any atom is 0.324 e. The van der Waals surface area contributed by atoms with Crippen LogP contribution in [0.15, 0.2) is 60.7 Å². The summed E-state index contributed by atoms with van der Waals surface area (Å²) in [5.41, 5.74) is 1.57. The fraction of sp³-hybridized carbons (Fsp3) is 0.333. The Labute approximate surface area is 232 Å². The molecule has 39 heavy (non-hydrogen) atoms. The first-order valence-electron chi connectivity index (χ1n) is 12.9. The molecule has 2 N–H and O–H groups in total. The van der Waals surface area contributed by atoms with Crippen LogP contribution in [0.5, 0.6) is 0 Å². The molecule has 3 aromatic rings. The van der Waals surface area contributed by atoms with Crippen LogP contribution in [0.2, 0.25) is 0 Å². The largest absolute Gasteiger partial charge is 0.329 e. The second-order valence-corrected chi connectivity index (χ2v) is 11.4. The summed E-state index contributed by atoms with van der Waals surface area (Å²) in [6.07, 6.45) is 0.794. The lowest BCUT2D eigenvalue weighted by atomic mass is 9.94. The number of alkyl halides is 1. The van der Waals surface area contributed by atoms with Crippen LogP contribution < -0.4 is 10.6 Å². The molecule has 9 heteroatoms. The van der Waals surface area contributed by atoms with Gasteiger partial charge in [0.15, 0.2) is 0 Å². The van der Waals surface area contributed by atoms with Crippen molar-refractivity contribution in [2.24, 2.45) is 5.41 Å². The Morgan fingerprint density at radius 1 is 1.03 bits per heavy atom. The number of fused-ring (bicyclic) bond motifs is 2. The van der Waals surface area contributed by atoms with Gasteiger partial charge in [-0.25, -0.2) is 4.79 Å². The van der Waals surface area contributed by atoms with Crippen LogP contribution in [0.1, 0.15) is 30.5 Å². The minimum atomic E-state index is -0.932. The van der Waals surface area contributed by atoms with Crippen molar-refractivity contribution in [3.8, 4) is 0 Å². The number of carbonyl (C=O) groups excluding carboxylic acids is 4. The Hall–Kier alpha value is -3.91. The van der Waals surface area contributed by atoms with Gasteiger partial charge in [-0.2, -0.15) is 0 Å². The molecule has 2 aliphatic rings. The molecule has 0 aromatic heterocycles. The highest BCUT2D eigenvalue weighted by molar-refractivity contribution is 6.20. The number of rotatable bonds is 7. The number of amides is 5. The molecule has 8 nitrogen and oxygen atoms in total. The number of imide groups is 1. The first-order chi connectivity index (χ1) is 18.5. The molecule has 0 bridgehead atoms. The van der Waals surface area contributed by atoms with Gasteiger partial charge in [-0.3, -0.25) is 19.7 Å². The number of likely N-dealkylation sites (N-methyl/N-ethyl adjacent to an activating group) is 1. The van der Waals surface area contributed by atoms with Crippen molar-refractivity contribution < 1.29 is 19.2 Å². The van der Waals surface area contributed by atoms with E-state index in [1.54, 1.807) is 27.0 Å². The summed E-state index contributed by atoms with van der Waals surface area (Å²) in [7, 11) is 1.62. The predicted molar refractivity (Wildman–Crippen MR) is 150 cm³/mol. The zero-order chi connectivity index (χ0) is 27.9. The molecule has 202 valence electrons. The maximum absolute atomic E-state index is 13.4. The smallest absolute Gasteiger partial charge is 0.324 e. The second-order valence-electron chi connectivity index (χ2n) is 11.1. The van der Waals surface area contributed by atoms with E-state index in [1.165, 1.54) is 9.80 Å². The van der Waals surface area contributed by atoms with E-state index in [0.29, 0.717) is 18.5 Å². The van der Waals surface area contributed by atoms with Crippen molar-refractivity contribution in [3.63, 3.8) is 0 Å². The molecule has 1 saturated heterocycles. The number of urea groups is 1. The summed E-state index contributed by atoms with van der Waals surface area (Å²) >= 11 is 6.11. The van der Waals surface area contributed by atoms with Gasteiger partial charge in [0.1, 0.15) is 12.1 Å². The molecule has 1 heterocycles. The summed E-state index contributed by atoms with van der Waals surface area (Å²) in [4.78, 5) is 54.2. The summed E-state index contributed by atoms with van der Waals surface area (Å²) < 4.78 is 0. The fourth-order valence-electron chi connectivity index (χ4n) is 5.39. The molecular formula is C30H31ClN4O4. The highest BCUT2D eigenvalue weighted by Gasteiger charge is 2.54. The third-order valence-electron chi connectivity index (χ3n) is 7.77. The van der Waals surface area contributed by atoms with Crippen LogP contribution in [-0.2, 0) is 33.8 Å². The molecule has 1 aliphatic heterocycles. The van der Waals surface area contributed by atoms with Crippen molar-refractivity contribution in [1.82, 2.24) is 15.1 Å². The summed E-state index contributed by atoms with van der Waals surface area (Å²) in [6, 6.07) is 19.1. The molecule has 1 aliphatic carbocycles. The standard InChI is InChI=1S/C30H31ClN4O4/c1-29(2,18-31)27(38)35(16-19-8-9-20-6-4-5-7-21(20)12-19)17-25(36)32-24-11-10-22-14-30(15-23(22)13-24)26(37)33-28(39)34(30)3/h4-13H,14-18H2,1-3H3,(H,32,36)(H,33,37,39)/t30-/m0/s1. The number of hydrogen-bond donors (Lipinski definition) is 2. The van der Waals surface area contributed by atoms with Gasteiger partial charge in [-0.1, -0.05) is 42.5 Å². The molecule has 0 saturated carbocycles. The topological polar surface area (TPSA) is 98.8 Å². The summed E-state index contributed by atoms with van der Waals surface area (Å²) in [5, 5.41) is 7.45. The minimum Gasteiger partial charge on any atom is -0.329 e. The Morgan fingerprint density at radius 3 is 2.44 bits per heavy atom. The van der Waals surface area contributed by atoms with E-state index in [0.717, 1.165) is 27.5 Å². The minimum absolute atomic E-state index is 0.124. The van der Waals surface area contributed by atoms with Crippen molar-refractivity contribution in [1.29, 1.82) is 0 Å². The number of anilines is 1. The lowest BCUT2D eigenvalue weighted by Crippen LogP contribution is -2.48. The zero-order valence-electron chi connectivity index (χ0n) is 22.2. The molecule has 1 atom stereocenters. The molecule has 1 fully saturated rings. The van der Waals surface area contributed by atoms with Gasteiger partial charge in [-0.15, -0.1) is 11.6 Å². The maximum atomic E-state index is 13.4. The van der Waals surface area contributed by atoms with E-state index >= 15 is 0 Å². The normalized spacial score (nSPS) is 18.4. The lowest BCUT2D eigenvalue weighted by Gasteiger charge is -2.30. The average Bonchev–Trinajstić information content (AvgIpc) is 3.40. The van der Waals surface area contributed by atoms with Crippen LogP contribution in [0, 0.1) is 5.41 Å². The average molecular weight is 547 g/mol. The number of benzene rings is 3. The van der Waals surface area contributed by atoms with Crippen LogP contribution >= 0.6 is 11.6 Å². The lowest BCUT2D eigenvalue weighted by molar-refractivity contribution is -0.142. The molecule has 3 aromatic carbocycles. The monoisotopic (exact) mass is 546 g/mol. The van der Waals surface area contributed by atoms with E-state index in [4.69, 9.17) is 11.6 Å². The quantitative estimate of drug-likeness (QED) is 0.344. The zero-order valence-corrected chi connectivity index (χ0v) is 23.0. The molecule has 0 radical (unpaired) electrons. The highest BCUT2D eigenvalue weighted by Crippen LogP contribution is 2.38. The Kier molecular flexibility index (Phi) is 6.84. The van der Waals surface area contributed by atoms with Crippen LogP contribution in [-0.4, -0.2) is 58.6 Å². The van der Waals surface area contributed by atoms with Gasteiger partial charge in [0.25, 0.3) is 5.91 Å². The van der Waals surface area contributed by atoms with E-state index in [-0.39, 0.29) is 36.7 Å². The second kappa shape index (κ2) is 10.0. The van der Waals surface area contributed by atoms with Crippen LogP contribution in [0.3, 0.4) is 0 Å². The first-order valence-corrected chi connectivity index (χ1v) is 13.4. The number of nitrogens with zero attached hydrogens (tertiary/aromatic N) is 2. The van der Waals surface area contributed by atoms with Gasteiger partial charge in [0, 0.05) is 38.0 Å². The van der Waals surface area contributed by atoms with Crippen molar-refractivity contribution in [2.45, 2.75) is 38.8 Å². The fourth-order valence-corrected chi connectivity index (χ4v) is 5.51. The van der Waals surface area contributed by atoms with E-state index < -0.39 is 17.0 Å². The third kappa shape index (κ3) is 4.96. The third-order valence-corrected chi connectivity index (χ3v) is 8.44. The van der Waals surface area contributed by atoms with Crippen molar-refractivity contribution in [3.05, 3.63) is 77.4 Å². The number of halogens is 1. The molecule has 0 unspecified atom stereocenters. The molecular weight excluding hydrogens is 516 g/mol. The van der Waals surface area contributed by atoms with Gasteiger partial charge < -0.3 is 15.1 Å². The van der Waals surface area contributed by atoms with E-state index in [1.807, 2.05) is 54.6 Å². The van der Waals surface area contributed by atoms with Gasteiger partial charge in [0.05, 0.1) is 5.41 Å². The van der Waals surface area contributed by atoms with E-state index in [9.17, 15) is 19.2 Å². The van der Waals surface area contributed by atoms with Crippen LogP contribution in [0.25, 0.3) is 10.8 Å². The Balaban J connectivity index is 1.33. The highest BCUT2D eigenvalue weighted by atomic mass is 35.5. The van der Waals surface area contributed by atoms with Crippen molar-refractivity contribution >= 4 is 51.8 Å². The van der Waals surface area contributed by atoms with Gasteiger partial charge >= 0.3 is 6.03 Å². The first kappa shape index (κ1) is 26.7. The van der Waals surface area contributed by atoms with Gasteiger partial charge in [0.2, 0.25) is 11.8 Å². The molecule has 5 amide bonds. The number of hydrogen-bond acceptors (Lipinski definition) is 4. The van der Waals surface area contributed by atoms with Crippen molar-refractivity contribution in [2.75, 3.05) is 24.8 Å². The molecule has 5 rings (SSSR count). The predicted octanol–water partition coefficient (Wildman–Crippen LogP) is 4.09. The Bertz CT molecular complexity index is 1500. The van der Waals surface area contributed by atoms with E-state index in [2.05, 4.69) is 10.6 Å². The van der Waals surface area contributed by atoms with Crippen LogP contribution in [0.4, 0.5) is 10.5 Å². The SMILES string of the molecule is CN1C(=O)NC(=O)[C@@]12Cc1ccc(NC(=O)CN(Cc3ccc4ccccc4c3)C(=O)C(C)(C)CCl)cc1C2. The van der Waals surface area contributed by atoms with Gasteiger partial charge in [-0.05, 0) is 59.5 Å². The molecule has 1 spiro atoms. The number of nitrogens with one attached hydrogen (secondary N) is 2. The Morgan fingerprint density at radius 2 is 1.74 bits per heavy atom. The summed E-state index contributed by atoms with van der Waals surface area (Å²) in [6.45, 7) is 3.65. The summed E-state index contributed by atoms with van der Waals surface area (Å²) in [5.74, 6) is -0.732. The number of carbonyl (C=O) groups is 4.